The van der Waals surface area contributed by atoms with Gasteiger partial charge in [-0.15, -0.1) is 0 Å². The predicted octanol–water partition coefficient (Wildman–Crippen LogP) is 3.65. The van der Waals surface area contributed by atoms with Crippen LogP contribution in [-0.4, -0.2) is 17.6 Å². The van der Waals surface area contributed by atoms with Crippen LogP contribution in [0.5, 0.6) is 0 Å². The van der Waals surface area contributed by atoms with Crippen LogP contribution in [-0.2, 0) is 13.0 Å². The van der Waals surface area contributed by atoms with Gasteiger partial charge >= 0.3 is 5.97 Å². The molecule has 0 bridgehead atoms. The lowest BCUT2D eigenvalue weighted by molar-refractivity contribution is 0.0695. The molecule has 0 saturated heterocycles. The fraction of sp³-hybridized carbons (Fsp3) is 0.278. The van der Waals surface area contributed by atoms with Crippen LogP contribution in [0.25, 0.3) is 0 Å². The molecule has 2 aromatic carbocycles. The molecule has 0 saturated carbocycles. The SMILES string of the molecule is Cc1ccc(CN2CCCc3c(C(=O)O)cccc32)cc1. The second kappa shape index (κ2) is 5.60. The van der Waals surface area contributed by atoms with Crippen LogP contribution in [0.1, 0.15) is 33.5 Å². The third kappa shape index (κ3) is 2.77. The van der Waals surface area contributed by atoms with Crippen molar-refractivity contribution in [1.82, 2.24) is 0 Å². The topological polar surface area (TPSA) is 40.5 Å². The average Bonchev–Trinajstić information content (AvgIpc) is 2.49. The van der Waals surface area contributed by atoms with Crippen molar-refractivity contribution in [2.45, 2.75) is 26.3 Å². The molecule has 0 amide bonds. The van der Waals surface area contributed by atoms with E-state index in [0.717, 1.165) is 37.2 Å². The lowest BCUT2D eigenvalue weighted by Gasteiger charge is -2.32. The molecule has 1 N–H and O–H groups in total. The lowest BCUT2D eigenvalue weighted by Crippen LogP contribution is -2.29. The molecule has 21 heavy (non-hydrogen) atoms. The third-order valence-corrected chi connectivity index (χ3v) is 4.07. The number of benzene rings is 2. The van der Waals surface area contributed by atoms with Crippen LogP contribution in [0.15, 0.2) is 42.5 Å². The largest absolute Gasteiger partial charge is 0.478 e. The maximum absolute atomic E-state index is 11.4. The molecule has 0 unspecified atom stereocenters. The number of fused-ring (bicyclic) bond motifs is 1. The first-order valence-electron chi connectivity index (χ1n) is 7.31. The van der Waals surface area contributed by atoms with Crippen LogP contribution in [0, 0.1) is 6.92 Å². The molecule has 1 aliphatic rings. The van der Waals surface area contributed by atoms with Crippen molar-refractivity contribution in [2.24, 2.45) is 0 Å². The van der Waals surface area contributed by atoms with Crippen molar-refractivity contribution in [3.05, 3.63) is 64.7 Å². The van der Waals surface area contributed by atoms with E-state index in [1.54, 1.807) is 6.07 Å². The standard InChI is InChI=1S/C18H19NO2/c1-13-7-9-14(10-8-13)12-19-11-3-5-15-16(18(20)21)4-2-6-17(15)19/h2,4,6-10H,3,5,11-12H2,1H3,(H,20,21). The number of rotatable bonds is 3. The van der Waals surface area contributed by atoms with Crippen LogP contribution >= 0.6 is 0 Å². The molecule has 3 nitrogen and oxygen atoms in total. The molecule has 1 heterocycles. The summed E-state index contributed by atoms with van der Waals surface area (Å²) in [5.41, 5.74) is 5.01. The maximum atomic E-state index is 11.4. The minimum atomic E-state index is -0.830. The number of carbonyl (C=O) groups is 1. The highest BCUT2D eigenvalue weighted by molar-refractivity contribution is 5.91. The van der Waals surface area contributed by atoms with Gasteiger partial charge in [0, 0.05) is 18.8 Å². The summed E-state index contributed by atoms with van der Waals surface area (Å²) < 4.78 is 0. The van der Waals surface area contributed by atoms with E-state index >= 15 is 0 Å². The summed E-state index contributed by atoms with van der Waals surface area (Å²) in [6.07, 6.45) is 1.85. The Kier molecular flexibility index (Phi) is 3.65. The van der Waals surface area contributed by atoms with Crippen molar-refractivity contribution >= 4 is 11.7 Å². The minimum absolute atomic E-state index is 0.445. The van der Waals surface area contributed by atoms with Crippen molar-refractivity contribution in [2.75, 3.05) is 11.4 Å². The molecule has 108 valence electrons. The molecular formula is C18H19NO2. The van der Waals surface area contributed by atoms with Gasteiger partial charge in [0.2, 0.25) is 0 Å². The first kappa shape index (κ1) is 13.7. The fourth-order valence-electron chi connectivity index (χ4n) is 2.98. The van der Waals surface area contributed by atoms with Gasteiger partial charge in [-0.2, -0.15) is 0 Å². The zero-order valence-corrected chi connectivity index (χ0v) is 12.2. The first-order chi connectivity index (χ1) is 10.1. The van der Waals surface area contributed by atoms with E-state index in [4.69, 9.17) is 0 Å². The van der Waals surface area contributed by atoms with E-state index in [9.17, 15) is 9.90 Å². The molecular weight excluding hydrogens is 262 g/mol. The Balaban J connectivity index is 1.92. The maximum Gasteiger partial charge on any atom is 0.336 e. The molecule has 3 heteroatoms. The Morgan fingerprint density at radius 1 is 1.19 bits per heavy atom. The van der Waals surface area contributed by atoms with Gasteiger partial charge in [0.25, 0.3) is 0 Å². The Morgan fingerprint density at radius 2 is 1.95 bits per heavy atom. The molecule has 0 atom stereocenters. The van der Waals surface area contributed by atoms with Gasteiger partial charge in [-0.3, -0.25) is 0 Å². The van der Waals surface area contributed by atoms with Crippen molar-refractivity contribution < 1.29 is 9.90 Å². The van der Waals surface area contributed by atoms with Gasteiger partial charge in [-0.05, 0) is 43.0 Å². The summed E-state index contributed by atoms with van der Waals surface area (Å²) >= 11 is 0. The Bertz CT molecular complexity index is 661. The molecule has 0 fully saturated rings. The molecule has 0 aliphatic carbocycles. The van der Waals surface area contributed by atoms with Crippen LogP contribution in [0.4, 0.5) is 5.69 Å². The molecule has 3 rings (SSSR count). The number of hydrogen-bond donors (Lipinski definition) is 1. The number of carboxylic acid groups (broad SMARTS) is 1. The summed E-state index contributed by atoms with van der Waals surface area (Å²) in [6, 6.07) is 14.1. The highest BCUT2D eigenvalue weighted by atomic mass is 16.4. The molecule has 1 aliphatic heterocycles. The Labute approximate surface area is 124 Å². The lowest BCUT2D eigenvalue weighted by atomic mass is 9.96. The zero-order chi connectivity index (χ0) is 14.8. The molecule has 0 radical (unpaired) electrons. The Morgan fingerprint density at radius 3 is 2.67 bits per heavy atom. The Hall–Kier alpha value is -2.29. The fourth-order valence-corrected chi connectivity index (χ4v) is 2.98. The normalized spacial score (nSPS) is 13.9. The summed E-state index contributed by atoms with van der Waals surface area (Å²) in [5, 5.41) is 9.33. The summed E-state index contributed by atoms with van der Waals surface area (Å²) in [6.45, 7) is 3.89. The van der Waals surface area contributed by atoms with Gasteiger partial charge in [0.15, 0.2) is 0 Å². The zero-order valence-electron chi connectivity index (χ0n) is 12.2. The van der Waals surface area contributed by atoms with Gasteiger partial charge in [0.05, 0.1) is 5.56 Å². The van der Waals surface area contributed by atoms with E-state index in [1.807, 2.05) is 12.1 Å². The second-order valence-electron chi connectivity index (χ2n) is 5.62. The number of aromatic carboxylic acids is 1. The number of hydrogen-bond acceptors (Lipinski definition) is 2. The van der Waals surface area contributed by atoms with Crippen LogP contribution < -0.4 is 4.90 Å². The van der Waals surface area contributed by atoms with Crippen molar-refractivity contribution in [3.8, 4) is 0 Å². The van der Waals surface area contributed by atoms with E-state index in [-0.39, 0.29) is 0 Å². The van der Waals surface area contributed by atoms with Crippen LogP contribution in [0.3, 0.4) is 0 Å². The van der Waals surface area contributed by atoms with E-state index < -0.39 is 5.97 Å². The third-order valence-electron chi connectivity index (χ3n) is 4.07. The highest BCUT2D eigenvalue weighted by Gasteiger charge is 2.21. The first-order valence-corrected chi connectivity index (χ1v) is 7.31. The van der Waals surface area contributed by atoms with Gasteiger partial charge in [-0.1, -0.05) is 35.9 Å². The van der Waals surface area contributed by atoms with Crippen LogP contribution in [0.2, 0.25) is 0 Å². The van der Waals surface area contributed by atoms with Gasteiger partial charge in [0.1, 0.15) is 0 Å². The van der Waals surface area contributed by atoms with E-state index in [0.29, 0.717) is 5.56 Å². The number of nitrogens with zero attached hydrogens (tertiary/aromatic N) is 1. The average molecular weight is 281 g/mol. The second-order valence-corrected chi connectivity index (χ2v) is 5.62. The van der Waals surface area contributed by atoms with Gasteiger partial charge < -0.3 is 10.0 Å². The molecule has 2 aromatic rings. The number of carboxylic acids is 1. The quantitative estimate of drug-likeness (QED) is 0.933. The minimum Gasteiger partial charge on any atom is -0.478 e. The number of aryl methyl sites for hydroxylation is 1. The van der Waals surface area contributed by atoms with Crippen molar-refractivity contribution in [3.63, 3.8) is 0 Å². The van der Waals surface area contributed by atoms with E-state index in [1.165, 1.54) is 11.1 Å². The summed E-state index contributed by atoms with van der Waals surface area (Å²) in [5.74, 6) is -0.830. The smallest absolute Gasteiger partial charge is 0.336 e. The summed E-state index contributed by atoms with van der Waals surface area (Å²) in [7, 11) is 0. The predicted molar refractivity (Wildman–Crippen MR) is 84.0 cm³/mol. The highest BCUT2D eigenvalue weighted by Crippen LogP contribution is 2.31. The van der Waals surface area contributed by atoms with Crippen molar-refractivity contribution in [1.29, 1.82) is 0 Å². The summed E-state index contributed by atoms with van der Waals surface area (Å²) in [4.78, 5) is 13.6. The molecule has 0 aromatic heterocycles. The van der Waals surface area contributed by atoms with Gasteiger partial charge in [-0.25, -0.2) is 4.79 Å². The monoisotopic (exact) mass is 281 g/mol. The van der Waals surface area contributed by atoms with E-state index in [2.05, 4.69) is 36.1 Å². The number of anilines is 1. The molecule has 0 spiro atoms.